The number of fused-ring (bicyclic) bond motifs is 1. The molecule has 5 heteroatoms. The van der Waals surface area contributed by atoms with Gasteiger partial charge in [-0.25, -0.2) is 0 Å². The van der Waals surface area contributed by atoms with Crippen LogP contribution in [0.1, 0.15) is 6.42 Å². The summed E-state index contributed by atoms with van der Waals surface area (Å²) in [5.74, 6) is 0.550. The number of hydrogen-bond acceptors (Lipinski definition) is 4. The van der Waals surface area contributed by atoms with Gasteiger partial charge < -0.3 is 9.64 Å². The van der Waals surface area contributed by atoms with Crippen LogP contribution >= 0.6 is 11.6 Å². The van der Waals surface area contributed by atoms with Crippen molar-refractivity contribution in [3.8, 4) is 5.88 Å². The Morgan fingerprint density at radius 2 is 1.89 bits per heavy atom. The zero-order valence-corrected chi connectivity index (χ0v) is 11.3. The fourth-order valence-electron chi connectivity index (χ4n) is 1.70. The topological polar surface area (TPSA) is 38.2 Å². The first-order valence-corrected chi connectivity index (χ1v) is 6.24. The second-order valence-corrected chi connectivity index (χ2v) is 4.70. The zero-order chi connectivity index (χ0) is 13.0. The van der Waals surface area contributed by atoms with Crippen LogP contribution < -0.4 is 4.74 Å². The van der Waals surface area contributed by atoms with E-state index in [4.69, 9.17) is 16.3 Å². The third-order valence-corrected chi connectivity index (χ3v) is 2.88. The van der Waals surface area contributed by atoms with Gasteiger partial charge in [0, 0.05) is 17.3 Å². The lowest BCUT2D eigenvalue weighted by Gasteiger charge is -2.11. The van der Waals surface area contributed by atoms with Crippen LogP contribution in [0.3, 0.4) is 0 Å². The van der Waals surface area contributed by atoms with E-state index in [0.29, 0.717) is 17.6 Å². The Labute approximate surface area is 112 Å². The van der Waals surface area contributed by atoms with Crippen molar-refractivity contribution in [1.82, 2.24) is 15.1 Å². The summed E-state index contributed by atoms with van der Waals surface area (Å²) in [7, 11) is 4.08. The number of aromatic nitrogens is 2. The molecule has 1 aromatic heterocycles. The van der Waals surface area contributed by atoms with Gasteiger partial charge in [-0.05, 0) is 26.6 Å². The Morgan fingerprint density at radius 1 is 1.17 bits per heavy atom. The first-order valence-electron chi connectivity index (χ1n) is 5.87. The molecule has 0 unspecified atom stereocenters. The van der Waals surface area contributed by atoms with Crippen LogP contribution in [-0.4, -0.2) is 42.3 Å². The van der Waals surface area contributed by atoms with Crippen molar-refractivity contribution < 1.29 is 4.74 Å². The van der Waals surface area contributed by atoms with Gasteiger partial charge in [0.15, 0.2) is 5.15 Å². The van der Waals surface area contributed by atoms with Gasteiger partial charge in [0.05, 0.1) is 6.61 Å². The fraction of sp³-hybridized carbons (Fsp3) is 0.385. The zero-order valence-electron chi connectivity index (χ0n) is 10.6. The van der Waals surface area contributed by atoms with Gasteiger partial charge in [-0.1, -0.05) is 29.8 Å². The van der Waals surface area contributed by atoms with E-state index in [0.717, 1.165) is 23.7 Å². The van der Waals surface area contributed by atoms with Gasteiger partial charge in [0.2, 0.25) is 5.88 Å². The summed E-state index contributed by atoms with van der Waals surface area (Å²) in [5.41, 5.74) is 0. The highest BCUT2D eigenvalue weighted by Gasteiger charge is 2.07. The van der Waals surface area contributed by atoms with Crippen molar-refractivity contribution in [2.24, 2.45) is 0 Å². The molecule has 1 aromatic carbocycles. The van der Waals surface area contributed by atoms with E-state index in [2.05, 4.69) is 15.1 Å². The SMILES string of the molecule is CN(C)CCCOc1nnc(Cl)c2ccccc12. The van der Waals surface area contributed by atoms with E-state index in [1.165, 1.54) is 0 Å². The molecule has 0 amide bonds. The van der Waals surface area contributed by atoms with E-state index in [-0.39, 0.29) is 0 Å². The summed E-state index contributed by atoms with van der Waals surface area (Å²) in [6, 6.07) is 7.72. The van der Waals surface area contributed by atoms with Crippen molar-refractivity contribution in [3.63, 3.8) is 0 Å². The number of benzene rings is 1. The standard InChI is InChI=1S/C13H16ClN3O/c1-17(2)8-5-9-18-13-11-7-4-3-6-10(11)12(14)15-16-13/h3-4,6-7H,5,8-9H2,1-2H3. The van der Waals surface area contributed by atoms with Crippen LogP contribution in [0.25, 0.3) is 10.8 Å². The lowest BCUT2D eigenvalue weighted by Crippen LogP contribution is -2.15. The number of rotatable bonds is 5. The van der Waals surface area contributed by atoms with Crippen LogP contribution in [0.4, 0.5) is 0 Å². The summed E-state index contributed by atoms with van der Waals surface area (Å²) in [6.07, 6.45) is 0.950. The molecule has 4 nitrogen and oxygen atoms in total. The normalized spacial score (nSPS) is 11.1. The average Bonchev–Trinajstić information content (AvgIpc) is 2.37. The molecule has 0 N–H and O–H groups in total. The van der Waals surface area contributed by atoms with E-state index in [9.17, 15) is 0 Å². The van der Waals surface area contributed by atoms with Crippen LogP contribution in [0.5, 0.6) is 5.88 Å². The molecule has 1 heterocycles. The van der Waals surface area contributed by atoms with Crippen LogP contribution in [0, 0.1) is 0 Å². The molecule has 0 radical (unpaired) electrons. The van der Waals surface area contributed by atoms with Gasteiger partial charge in [0.25, 0.3) is 0 Å². The molecule has 0 saturated carbocycles. The minimum atomic E-state index is 0.409. The molecule has 0 aliphatic heterocycles. The summed E-state index contributed by atoms with van der Waals surface area (Å²) < 4.78 is 5.67. The minimum Gasteiger partial charge on any atom is -0.476 e. The average molecular weight is 266 g/mol. The van der Waals surface area contributed by atoms with E-state index in [1.54, 1.807) is 0 Å². The number of nitrogens with zero attached hydrogens (tertiary/aromatic N) is 3. The second-order valence-electron chi connectivity index (χ2n) is 4.35. The Kier molecular flexibility index (Phi) is 4.33. The Bertz CT molecular complexity index is 531. The third kappa shape index (κ3) is 3.09. The van der Waals surface area contributed by atoms with Crippen LogP contribution in [0.15, 0.2) is 24.3 Å². The molecule has 0 spiro atoms. The Balaban J connectivity index is 2.11. The van der Waals surface area contributed by atoms with Crippen molar-refractivity contribution in [1.29, 1.82) is 0 Å². The van der Waals surface area contributed by atoms with Gasteiger partial charge in [0.1, 0.15) is 0 Å². The largest absolute Gasteiger partial charge is 0.476 e. The molecule has 96 valence electrons. The van der Waals surface area contributed by atoms with Gasteiger partial charge in [-0.3, -0.25) is 0 Å². The lowest BCUT2D eigenvalue weighted by atomic mass is 10.2. The maximum Gasteiger partial charge on any atom is 0.241 e. The monoisotopic (exact) mass is 265 g/mol. The smallest absolute Gasteiger partial charge is 0.241 e. The lowest BCUT2D eigenvalue weighted by molar-refractivity contribution is 0.274. The molecule has 0 atom stereocenters. The molecule has 0 aliphatic carbocycles. The van der Waals surface area contributed by atoms with Gasteiger partial charge in [-0.2, -0.15) is 0 Å². The minimum absolute atomic E-state index is 0.409. The molecular formula is C13H16ClN3O. The van der Waals surface area contributed by atoms with Crippen LogP contribution in [0.2, 0.25) is 5.15 Å². The van der Waals surface area contributed by atoms with Crippen LogP contribution in [-0.2, 0) is 0 Å². The second kappa shape index (κ2) is 5.98. The Hall–Kier alpha value is -1.39. The number of ether oxygens (including phenoxy) is 1. The molecule has 2 aromatic rings. The van der Waals surface area contributed by atoms with Crippen molar-refractivity contribution in [3.05, 3.63) is 29.4 Å². The van der Waals surface area contributed by atoms with Crippen molar-refractivity contribution >= 4 is 22.4 Å². The van der Waals surface area contributed by atoms with E-state index in [1.807, 2.05) is 38.4 Å². The maximum atomic E-state index is 6.00. The number of halogens is 1. The molecule has 2 rings (SSSR count). The van der Waals surface area contributed by atoms with Gasteiger partial charge in [-0.15, -0.1) is 10.2 Å². The number of hydrogen-bond donors (Lipinski definition) is 0. The highest BCUT2D eigenvalue weighted by atomic mass is 35.5. The predicted molar refractivity (Wildman–Crippen MR) is 73.2 cm³/mol. The highest BCUT2D eigenvalue weighted by Crippen LogP contribution is 2.26. The summed E-state index contributed by atoms with van der Waals surface area (Å²) in [6.45, 7) is 1.61. The highest BCUT2D eigenvalue weighted by molar-refractivity contribution is 6.34. The van der Waals surface area contributed by atoms with E-state index >= 15 is 0 Å². The summed E-state index contributed by atoms with van der Waals surface area (Å²) >= 11 is 6.00. The van der Waals surface area contributed by atoms with Gasteiger partial charge >= 0.3 is 0 Å². The van der Waals surface area contributed by atoms with Crippen molar-refractivity contribution in [2.45, 2.75) is 6.42 Å². The summed E-state index contributed by atoms with van der Waals surface area (Å²) in [4.78, 5) is 2.12. The van der Waals surface area contributed by atoms with E-state index < -0.39 is 0 Å². The fourth-order valence-corrected chi connectivity index (χ4v) is 1.91. The quantitative estimate of drug-likeness (QED) is 0.779. The third-order valence-electron chi connectivity index (χ3n) is 2.60. The summed E-state index contributed by atoms with van der Waals surface area (Å²) in [5, 5.41) is 10.1. The molecule has 0 bridgehead atoms. The molecule has 0 saturated heterocycles. The maximum absolute atomic E-state index is 6.00. The first kappa shape index (κ1) is 13.1. The predicted octanol–water partition coefficient (Wildman–Crippen LogP) is 2.61. The first-order chi connectivity index (χ1) is 8.68. The Morgan fingerprint density at radius 3 is 2.61 bits per heavy atom. The van der Waals surface area contributed by atoms with Crippen molar-refractivity contribution in [2.75, 3.05) is 27.2 Å². The molecular weight excluding hydrogens is 250 g/mol. The molecule has 0 fully saturated rings. The molecule has 0 aliphatic rings. The molecule has 18 heavy (non-hydrogen) atoms.